The molecule has 0 heterocycles. The van der Waals surface area contributed by atoms with E-state index in [-0.39, 0.29) is 0 Å². The molecule has 0 bridgehead atoms. The van der Waals surface area contributed by atoms with Crippen molar-refractivity contribution in [1.82, 2.24) is 0 Å². The quantitative estimate of drug-likeness (QED) is 0.0947. The summed E-state index contributed by atoms with van der Waals surface area (Å²) in [5, 5.41) is 0. The predicted octanol–water partition coefficient (Wildman–Crippen LogP) is 3.68. The van der Waals surface area contributed by atoms with E-state index in [1.165, 1.54) is 32.1 Å². The smallest absolute Gasteiger partial charge is 0.0704 e. The lowest BCUT2D eigenvalue weighted by Gasteiger charge is -2.09. The molecule has 0 radical (unpaired) electrons. The Morgan fingerprint density at radius 3 is 0.972 bits per heavy atom. The minimum Gasteiger partial charge on any atom is -0.379 e. The molecule has 0 aromatic carbocycles. The highest BCUT2D eigenvalue weighted by atomic mass is 16.6. The van der Waals surface area contributed by atoms with Crippen LogP contribution in [0.3, 0.4) is 0 Å². The molecule has 36 heavy (non-hydrogen) atoms. The van der Waals surface area contributed by atoms with Gasteiger partial charge in [-0.25, -0.2) is 0 Å². The minimum absolute atomic E-state index is 0.535. The van der Waals surface area contributed by atoms with Crippen molar-refractivity contribution in [3.8, 4) is 0 Å². The first-order valence-corrected chi connectivity index (χ1v) is 13.7. The Morgan fingerprint density at radius 1 is 0.361 bits per heavy atom. The topological polar surface area (TPSA) is 83.1 Å². The average molecular weight is 523 g/mol. The number of unbranched alkanes of at least 4 members (excludes halogenated alkanes) is 5. The van der Waals surface area contributed by atoms with Gasteiger partial charge in [-0.2, -0.15) is 0 Å². The molecule has 216 valence electrons. The van der Waals surface area contributed by atoms with Gasteiger partial charge in [0.25, 0.3) is 0 Å². The second-order valence-corrected chi connectivity index (χ2v) is 8.03. The molecule has 0 aliphatic heterocycles. The van der Waals surface area contributed by atoms with E-state index in [0.717, 1.165) is 13.0 Å². The standard InChI is InChI=1S/C27H54O9/c1-3-5-6-7-8-9-11-29-13-15-31-17-19-33-21-23-35-25-27-36-26-24-34-22-20-32-18-16-30-14-12-28-10-4-2/h4H,2-3,5-27H2,1H3. The number of rotatable bonds is 33. The minimum atomic E-state index is 0.535. The van der Waals surface area contributed by atoms with Crippen LogP contribution in [-0.2, 0) is 42.6 Å². The summed E-state index contributed by atoms with van der Waals surface area (Å²) in [5.74, 6) is 0. The Bertz CT molecular complexity index is 399. The Morgan fingerprint density at radius 2 is 0.639 bits per heavy atom. The maximum atomic E-state index is 5.57. The fourth-order valence-electron chi connectivity index (χ4n) is 2.91. The molecular formula is C27H54O9. The van der Waals surface area contributed by atoms with E-state index < -0.39 is 0 Å². The van der Waals surface area contributed by atoms with Gasteiger partial charge in [0.1, 0.15) is 0 Å². The van der Waals surface area contributed by atoms with Gasteiger partial charge in [0.15, 0.2) is 0 Å². The predicted molar refractivity (Wildman–Crippen MR) is 141 cm³/mol. The van der Waals surface area contributed by atoms with Gasteiger partial charge in [-0.05, 0) is 6.42 Å². The summed E-state index contributed by atoms with van der Waals surface area (Å²) in [6.45, 7) is 16.2. The molecule has 0 fully saturated rings. The zero-order valence-corrected chi connectivity index (χ0v) is 22.9. The maximum absolute atomic E-state index is 5.57. The van der Waals surface area contributed by atoms with Crippen molar-refractivity contribution in [3.63, 3.8) is 0 Å². The third-order valence-electron chi connectivity index (χ3n) is 4.85. The molecule has 0 spiro atoms. The number of hydrogen-bond acceptors (Lipinski definition) is 9. The van der Waals surface area contributed by atoms with Gasteiger partial charge >= 0.3 is 0 Å². The summed E-state index contributed by atoms with van der Waals surface area (Å²) in [4.78, 5) is 0. The maximum Gasteiger partial charge on any atom is 0.0704 e. The van der Waals surface area contributed by atoms with E-state index in [1.807, 2.05) is 0 Å². The average Bonchev–Trinajstić information content (AvgIpc) is 2.89. The normalized spacial score (nSPS) is 11.4. The van der Waals surface area contributed by atoms with Crippen LogP contribution < -0.4 is 0 Å². The highest BCUT2D eigenvalue weighted by Gasteiger charge is 1.96. The zero-order chi connectivity index (χ0) is 26.0. The number of ether oxygens (including phenoxy) is 9. The third-order valence-corrected chi connectivity index (χ3v) is 4.85. The summed E-state index contributed by atoms with van der Waals surface area (Å²) >= 11 is 0. The second kappa shape index (κ2) is 34.4. The Balaban J connectivity index is 3.00. The Labute approximate surface area is 220 Å². The van der Waals surface area contributed by atoms with Gasteiger partial charge in [-0.1, -0.05) is 45.1 Å². The van der Waals surface area contributed by atoms with Gasteiger partial charge in [0, 0.05) is 6.61 Å². The first-order valence-electron chi connectivity index (χ1n) is 13.7. The first kappa shape index (κ1) is 35.4. The lowest BCUT2D eigenvalue weighted by Crippen LogP contribution is -2.15. The van der Waals surface area contributed by atoms with Gasteiger partial charge in [0.05, 0.1) is 112 Å². The van der Waals surface area contributed by atoms with Crippen molar-refractivity contribution in [2.75, 3.05) is 119 Å². The van der Waals surface area contributed by atoms with Crippen LogP contribution in [0.25, 0.3) is 0 Å². The first-order chi connectivity index (χ1) is 17.9. The van der Waals surface area contributed by atoms with E-state index in [1.54, 1.807) is 6.08 Å². The van der Waals surface area contributed by atoms with E-state index >= 15 is 0 Å². The van der Waals surface area contributed by atoms with Gasteiger partial charge in [-0.3, -0.25) is 0 Å². The van der Waals surface area contributed by atoms with E-state index in [4.69, 9.17) is 42.6 Å². The van der Waals surface area contributed by atoms with E-state index in [0.29, 0.717) is 112 Å². The summed E-state index contributed by atoms with van der Waals surface area (Å²) < 4.78 is 48.9. The highest BCUT2D eigenvalue weighted by molar-refractivity contribution is 4.63. The van der Waals surface area contributed by atoms with Crippen LogP contribution in [0, 0.1) is 0 Å². The molecule has 0 aromatic rings. The van der Waals surface area contributed by atoms with Gasteiger partial charge in [-0.15, -0.1) is 6.58 Å². The fraction of sp³-hybridized carbons (Fsp3) is 0.926. The van der Waals surface area contributed by atoms with Crippen molar-refractivity contribution >= 4 is 0 Å². The second-order valence-electron chi connectivity index (χ2n) is 8.03. The molecule has 0 amide bonds. The van der Waals surface area contributed by atoms with E-state index in [2.05, 4.69) is 13.5 Å². The lowest BCUT2D eigenvalue weighted by molar-refractivity contribution is -0.0246. The third kappa shape index (κ3) is 33.4. The van der Waals surface area contributed by atoms with Crippen LogP contribution in [0.5, 0.6) is 0 Å². The molecule has 0 saturated carbocycles. The van der Waals surface area contributed by atoms with Crippen molar-refractivity contribution in [2.45, 2.75) is 45.4 Å². The van der Waals surface area contributed by atoms with Crippen LogP contribution in [-0.4, -0.2) is 119 Å². The summed E-state index contributed by atoms with van der Waals surface area (Å²) in [7, 11) is 0. The van der Waals surface area contributed by atoms with Crippen LogP contribution in [0.2, 0.25) is 0 Å². The van der Waals surface area contributed by atoms with Crippen LogP contribution >= 0.6 is 0 Å². The molecule has 0 atom stereocenters. The number of hydrogen-bond donors (Lipinski definition) is 0. The van der Waals surface area contributed by atoms with Crippen molar-refractivity contribution in [3.05, 3.63) is 12.7 Å². The van der Waals surface area contributed by atoms with Gasteiger partial charge in [0.2, 0.25) is 0 Å². The van der Waals surface area contributed by atoms with Crippen LogP contribution in [0.4, 0.5) is 0 Å². The Hall–Kier alpha value is -0.620. The molecular weight excluding hydrogens is 468 g/mol. The van der Waals surface area contributed by atoms with Crippen LogP contribution in [0.15, 0.2) is 12.7 Å². The molecule has 0 aromatic heterocycles. The van der Waals surface area contributed by atoms with Crippen molar-refractivity contribution in [2.24, 2.45) is 0 Å². The molecule has 0 rings (SSSR count). The summed E-state index contributed by atoms with van der Waals surface area (Å²) in [5.41, 5.74) is 0. The highest BCUT2D eigenvalue weighted by Crippen LogP contribution is 2.04. The largest absolute Gasteiger partial charge is 0.379 e. The molecule has 9 nitrogen and oxygen atoms in total. The molecule has 0 saturated heterocycles. The molecule has 0 aliphatic rings. The molecule has 0 N–H and O–H groups in total. The molecule has 0 aliphatic carbocycles. The van der Waals surface area contributed by atoms with Crippen LogP contribution in [0.1, 0.15) is 45.4 Å². The Kier molecular flexibility index (Phi) is 33.8. The summed E-state index contributed by atoms with van der Waals surface area (Å²) in [6, 6.07) is 0. The molecule has 9 heteroatoms. The fourth-order valence-corrected chi connectivity index (χ4v) is 2.91. The van der Waals surface area contributed by atoms with Gasteiger partial charge < -0.3 is 42.6 Å². The zero-order valence-electron chi connectivity index (χ0n) is 22.9. The molecule has 0 unspecified atom stereocenters. The van der Waals surface area contributed by atoms with Crippen molar-refractivity contribution < 1.29 is 42.6 Å². The lowest BCUT2D eigenvalue weighted by atomic mass is 10.1. The van der Waals surface area contributed by atoms with Crippen molar-refractivity contribution in [1.29, 1.82) is 0 Å². The monoisotopic (exact) mass is 522 g/mol. The SMILES string of the molecule is C=CCOCCOCCOCCOCCOCCOCCOCCOCCOCCCCCCCC. The summed E-state index contributed by atoms with van der Waals surface area (Å²) in [6.07, 6.45) is 9.43. The van der Waals surface area contributed by atoms with E-state index in [9.17, 15) is 0 Å².